The van der Waals surface area contributed by atoms with Gasteiger partial charge in [-0.3, -0.25) is 0 Å². The number of nitrogens with zero attached hydrogens (tertiary/aromatic N) is 1. The summed E-state index contributed by atoms with van der Waals surface area (Å²) in [5.41, 5.74) is 2.59. The highest BCUT2D eigenvalue weighted by atomic mass is 14.9. The monoisotopic (exact) mass is 200 g/mol. The van der Waals surface area contributed by atoms with Gasteiger partial charge in [0.25, 0.3) is 0 Å². The first-order chi connectivity index (χ1) is 7.29. The Bertz CT molecular complexity index is 361. The van der Waals surface area contributed by atoms with Crippen LogP contribution in [0.2, 0.25) is 0 Å². The first-order valence-electron chi connectivity index (χ1n) is 5.49. The quantitative estimate of drug-likeness (QED) is 0.756. The Morgan fingerprint density at radius 3 is 2.73 bits per heavy atom. The van der Waals surface area contributed by atoms with Crippen LogP contribution in [-0.2, 0) is 0 Å². The average Bonchev–Trinajstić information content (AvgIpc) is 2.30. The molecule has 1 fully saturated rings. The molecule has 1 saturated heterocycles. The molecular weight excluding hydrogens is 184 g/mol. The molecule has 1 aliphatic rings. The molecule has 0 spiro atoms. The molecule has 2 heteroatoms. The Kier molecular flexibility index (Phi) is 3.03. The predicted octanol–water partition coefficient (Wildman–Crippen LogP) is 2.56. The van der Waals surface area contributed by atoms with E-state index < -0.39 is 0 Å². The minimum Gasteiger partial charge on any atom is -0.310 e. The molecule has 0 aliphatic carbocycles. The third-order valence-corrected chi connectivity index (χ3v) is 3.07. The minimum atomic E-state index is 0.220. The molecule has 0 radical (unpaired) electrons. The summed E-state index contributed by atoms with van der Waals surface area (Å²) in [5.74, 6) is 0.220. The van der Waals surface area contributed by atoms with Crippen LogP contribution in [-0.4, -0.2) is 6.54 Å². The molecule has 78 valence electrons. The van der Waals surface area contributed by atoms with E-state index in [1.165, 1.54) is 11.1 Å². The first-order valence-corrected chi connectivity index (χ1v) is 5.49. The van der Waals surface area contributed by atoms with Gasteiger partial charge in [0, 0.05) is 12.0 Å². The second-order valence-corrected chi connectivity index (χ2v) is 4.27. The van der Waals surface area contributed by atoms with Gasteiger partial charge in [0.05, 0.1) is 6.07 Å². The van der Waals surface area contributed by atoms with Gasteiger partial charge in [-0.2, -0.15) is 5.26 Å². The smallest absolute Gasteiger partial charge is 0.0657 e. The molecule has 1 aromatic carbocycles. The lowest BCUT2D eigenvalue weighted by molar-refractivity contribution is 0.356. The Labute approximate surface area is 90.9 Å². The van der Waals surface area contributed by atoms with Gasteiger partial charge in [0.15, 0.2) is 0 Å². The molecule has 0 bridgehead atoms. The highest BCUT2D eigenvalue weighted by Gasteiger charge is 2.21. The SMILES string of the molecule is Cc1ccc(C2CC(C#N)CCN2)cc1. The van der Waals surface area contributed by atoms with E-state index in [1.807, 2.05) is 0 Å². The normalized spacial score (nSPS) is 25.9. The van der Waals surface area contributed by atoms with Crippen molar-refractivity contribution in [2.24, 2.45) is 5.92 Å². The lowest BCUT2D eigenvalue weighted by Crippen LogP contribution is -2.31. The van der Waals surface area contributed by atoms with Crippen LogP contribution in [0.4, 0.5) is 0 Å². The summed E-state index contributed by atoms with van der Waals surface area (Å²) in [4.78, 5) is 0. The lowest BCUT2D eigenvalue weighted by Gasteiger charge is -2.27. The Morgan fingerprint density at radius 2 is 2.07 bits per heavy atom. The standard InChI is InChI=1S/C13H16N2/c1-10-2-4-12(5-3-10)13-8-11(9-14)6-7-15-13/h2-5,11,13,15H,6-8H2,1H3. The number of aryl methyl sites for hydroxylation is 1. The molecule has 1 heterocycles. The van der Waals surface area contributed by atoms with Crippen LogP contribution in [0, 0.1) is 24.2 Å². The van der Waals surface area contributed by atoms with Crippen LogP contribution >= 0.6 is 0 Å². The Morgan fingerprint density at radius 1 is 1.33 bits per heavy atom. The largest absolute Gasteiger partial charge is 0.310 e. The van der Waals surface area contributed by atoms with Crippen LogP contribution in [0.3, 0.4) is 0 Å². The highest BCUT2D eigenvalue weighted by Crippen LogP contribution is 2.26. The van der Waals surface area contributed by atoms with Gasteiger partial charge in [-0.1, -0.05) is 29.8 Å². The molecule has 1 aliphatic heterocycles. The van der Waals surface area contributed by atoms with Gasteiger partial charge in [-0.15, -0.1) is 0 Å². The second kappa shape index (κ2) is 4.46. The zero-order valence-electron chi connectivity index (χ0n) is 9.03. The van der Waals surface area contributed by atoms with Crippen molar-refractivity contribution in [3.8, 4) is 6.07 Å². The van der Waals surface area contributed by atoms with Crippen molar-refractivity contribution in [1.82, 2.24) is 5.32 Å². The molecule has 0 amide bonds. The third-order valence-electron chi connectivity index (χ3n) is 3.07. The van der Waals surface area contributed by atoms with E-state index in [4.69, 9.17) is 5.26 Å². The molecule has 2 unspecified atom stereocenters. The molecule has 2 nitrogen and oxygen atoms in total. The lowest BCUT2D eigenvalue weighted by atomic mass is 9.89. The van der Waals surface area contributed by atoms with Crippen LogP contribution in [0.5, 0.6) is 0 Å². The van der Waals surface area contributed by atoms with Crippen LogP contribution in [0.1, 0.15) is 30.0 Å². The molecule has 0 aromatic heterocycles. The van der Waals surface area contributed by atoms with Crippen molar-refractivity contribution in [3.63, 3.8) is 0 Å². The number of nitriles is 1. The van der Waals surface area contributed by atoms with Gasteiger partial charge in [0.1, 0.15) is 0 Å². The molecule has 1 N–H and O–H groups in total. The van der Waals surface area contributed by atoms with Crippen molar-refractivity contribution in [2.75, 3.05) is 6.54 Å². The molecular formula is C13H16N2. The predicted molar refractivity (Wildman–Crippen MR) is 60.3 cm³/mol. The highest BCUT2D eigenvalue weighted by molar-refractivity contribution is 5.24. The zero-order chi connectivity index (χ0) is 10.7. The maximum Gasteiger partial charge on any atom is 0.0657 e. The number of rotatable bonds is 1. The minimum absolute atomic E-state index is 0.220. The fraction of sp³-hybridized carbons (Fsp3) is 0.462. The molecule has 1 aromatic rings. The van der Waals surface area contributed by atoms with Crippen molar-refractivity contribution in [1.29, 1.82) is 5.26 Å². The number of nitrogens with one attached hydrogen (secondary N) is 1. The first kappa shape index (κ1) is 10.2. The number of benzene rings is 1. The molecule has 2 atom stereocenters. The van der Waals surface area contributed by atoms with Crippen LogP contribution in [0.25, 0.3) is 0 Å². The summed E-state index contributed by atoms with van der Waals surface area (Å²) in [6.07, 6.45) is 1.93. The average molecular weight is 200 g/mol. The molecule has 2 rings (SSSR count). The number of hydrogen-bond donors (Lipinski definition) is 1. The molecule has 0 saturated carbocycles. The van der Waals surface area contributed by atoms with Gasteiger partial charge < -0.3 is 5.32 Å². The van der Waals surface area contributed by atoms with Gasteiger partial charge in [-0.05, 0) is 31.9 Å². The Balaban J connectivity index is 2.10. The van der Waals surface area contributed by atoms with Gasteiger partial charge >= 0.3 is 0 Å². The van der Waals surface area contributed by atoms with Gasteiger partial charge in [-0.25, -0.2) is 0 Å². The van der Waals surface area contributed by atoms with Gasteiger partial charge in [0.2, 0.25) is 0 Å². The van der Waals surface area contributed by atoms with Crippen LogP contribution in [0.15, 0.2) is 24.3 Å². The van der Waals surface area contributed by atoms with E-state index in [2.05, 4.69) is 42.6 Å². The zero-order valence-corrected chi connectivity index (χ0v) is 9.03. The summed E-state index contributed by atoms with van der Waals surface area (Å²) < 4.78 is 0. The molecule has 15 heavy (non-hydrogen) atoms. The van der Waals surface area contributed by atoms with Crippen molar-refractivity contribution in [3.05, 3.63) is 35.4 Å². The van der Waals surface area contributed by atoms with Crippen molar-refractivity contribution in [2.45, 2.75) is 25.8 Å². The fourth-order valence-electron chi connectivity index (χ4n) is 2.09. The number of piperidine rings is 1. The summed E-state index contributed by atoms with van der Waals surface area (Å²) >= 11 is 0. The van der Waals surface area contributed by atoms with Crippen molar-refractivity contribution >= 4 is 0 Å². The van der Waals surface area contributed by atoms with E-state index in [0.717, 1.165) is 19.4 Å². The maximum absolute atomic E-state index is 8.92. The summed E-state index contributed by atoms with van der Waals surface area (Å²) in [6.45, 7) is 3.05. The topological polar surface area (TPSA) is 35.8 Å². The number of hydrogen-bond acceptors (Lipinski definition) is 2. The Hall–Kier alpha value is -1.33. The van der Waals surface area contributed by atoms with Crippen LogP contribution < -0.4 is 5.32 Å². The maximum atomic E-state index is 8.92. The van der Waals surface area contributed by atoms with Crippen molar-refractivity contribution < 1.29 is 0 Å². The fourth-order valence-corrected chi connectivity index (χ4v) is 2.09. The summed E-state index contributed by atoms with van der Waals surface area (Å²) in [7, 11) is 0. The third kappa shape index (κ3) is 2.37. The van der Waals surface area contributed by atoms with E-state index in [0.29, 0.717) is 6.04 Å². The second-order valence-electron chi connectivity index (χ2n) is 4.27. The van der Waals surface area contributed by atoms with E-state index in [1.54, 1.807) is 0 Å². The van der Waals surface area contributed by atoms with E-state index in [-0.39, 0.29) is 5.92 Å². The summed E-state index contributed by atoms with van der Waals surface area (Å²) in [6, 6.07) is 11.3. The van der Waals surface area contributed by atoms with E-state index in [9.17, 15) is 0 Å². The van der Waals surface area contributed by atoms with E-state index >= 15 is 0 Å². The summed E-state index contributed by atoms with van der Waals surface area (Å²) in [5, 5.41) is 12.4.